The molecule has 1 atom stereocenters. The molecular formula is C26H30N6O. The van der Waals surface area contributed by atoms with E-state index in [4.69, 9.17) is 15.5 Å². The molecular weight excluding hydrogens is 412 g/mol. The van der Waals surface area contributed by atoms with E-state index in [1.165, 1.54) is 5.56 Å². The first-order valence-electron chi connectivity index (χ1n) is 11.6. The molecule has 1 aliphatic heterocycles. The first kappa shape index (κ1) is 21.3. The second-order valence-corrected chi connectivity index (χ2v) is 8.56. The zero-order valence-electron chi connectivity index (χ0n) is 18.9. The highest BCUT2D eigenvalue weighted by molar-refractivity contribution is 5.75. The number of likely N-dealkylation sites (tertiary alicyclic amines) is 1. The highest BCUT2D eigenvalue weighted by Gasteiger charge is 2.24. The number of imidazole rings is 1. The number of benzene rings is 2. The van der Waals surface area contributed by atoms with Gasteiger partial charge in [0.25, 0.3) is 0 Å². The molecule has 0 amide bonds. The van der Waals surface area contributed by atoms with Crippen LogP contribution in [0.4, 0.5) is 17.2 Å². The van der Waals surface area contributed by atoms with Gasteiger partial charge in [-0.25, -0.2) is 9.50 Å². The van der Waals surface area contributed by atoms with E-state index in [0.29, 0.717) is 18.3 Å². The Hall–Kier alpha value is -3.58. The van der Waals surface area contributed by atoms with Crippen LogP contribution in [0.15, 0.2) is 66.9 Å². The SMILES string of the molecule is CCOc1ccc(Nc2cc(N)nn3cc(C4CCCN(Cc5ccccc5)C4)nc23)cc1. The second-order valence-electron chi connectivity index (χ2n) is 8.56. The number of hydrogen-bond donors (Lipinski definition) is 2. The van der Waals surface area contributed by atoms with Crippen molar-refractivity contribution in [2.75, 3.05) is 30.7 Å². The largest absolute Gasteiger partial charge is 0.494 e. The maximum atomic E-state index is 6.11. The van der Waals surface area contributed by atoms with Crippen LogP contribution >= 0.6 is 0 Å². The molecule has 2 aromatic carbocycles. The number of hydrogen-bond acceptors (Lipinski definition) is 6. The average Bonchev–Trinajstić information content (AvgIpc) is 3.26. The molecule has 1 saturated heterocycles. The molecule has 3 heterocycles. The highest BCUT2D eigenvalue weighted by Crippen LogP contribution is 2.30. The summed E-state index contributed by atoms with van der Waals surface area (Å²) in [6.45, 7) is 5.71. The summed E-state index contributed by atoms with van der Waals surface area (Å²) in [6.07, 6.45) is 4.33. The normalized spacial score (nSPS) is 16.7. The van der Waals surface area contributed by atoms with E-state index in [1.54, 1.807) is 4.52 Å². The molecule has 5 rings (SSSR count). The Kier molecular flexibility index (Phi) is 6.13. The molecule has 33 heavy (non-hydrogen) atoms. The number of fused-ring (bicyclic) bond motifs is 1. The fourth-order valence-electron chi connectivity index (χ4n) is 4.54. The highest BCUT2D eigenvalue weighted by atomic mass is 16.5. The Bertz CT molecular complexity index is 1200. The van der Waals surface area contributed by atoms with Gasteiger partial charge in [-0.3, -0.25) is 4.90 Å². The fourth-order valence-corrected chi connectivity index (χ4v) is 4.54. The van der Waals surface area contributed by atoms with Crippen LogP contribution in [-0.4, -0.2) is 39.2 Å². The van der Waals surface area contributed by atoms with E-state index in [9.17, 15) is 0 Å². The van der Waals surface area contributed by atoms with Gasteiger partial charge in [-0.05, 0) is 56.1 Å². The van der Waals surface area contributed by atoms with Gasteiger partial charge in [0.05, 0.1) is 24.2 Å². The Morgan fingerprint density at radius 2 is 1.94 bits per heavy atom. The van der Waals surface area contributed by atoms with Gasteiger partial charge in [-0.15, -0.1) is 5.10 Å². The van der Waals surface area contributed by atoms with E-state index < -0.39 is 0 Å². The summed E-state index contributed by atoms with van der Waals surface area (Å²) in [6, 6.07) is 20.4. The van der Waals surface area contributed by atoms with Crippen LogP contribution in [0.1, 0.15) is 36.9 Å². The standard InChI is InChI=1S/C26H30N6O/c1-2-33-22-12-10-21(11-13-22)28-23-15-25(27)30-32-18-24(29-26(23)32)20-9-6-14-31(17-20)16-19-7-4-3-5-8-19/h3-5,7-8,10-13,15,18,20,28H,2,6,9,14,16-17H2,1H3,(H2,27,30). The number of nitrogens with two attached hydrogens (primary N) is 1. The smallest absolute Gasteiger partial charge is 0.177 e. The Morgan fingerprint density at radius 3 is 2.73 bits per heavy atom. The summed E-state index contributed by atoms with van der Waals surface area (Å²) >= 11 is 0. The number of nitrogens with one attached hydrogen (secondary N) is 1. The number of nitrogens with zero attached hydrogens (tertiary/aromatic N) is 4. The number of piperidine rings is 1. The topological polar surface area (TPSA) is 80.7 Å². The van der Waals surface area contributed by atoms with Gasteiger partial charge in [-0.1, -0.05) is 30.3 Å². The maximum Gasteiger partial charge on any atom is 0.177 e. The zero-order valence-corrected chi connectivity index (χ0v) is 18.9. The van der Waals surface area contributed by atoms with Gasteiger partial charge in [-0.2, -0.15) is 0 Å². The lowest BCUT2D eigenvalue weighted by molar-refractivity contribution is 0.198. The number of rotatable bonds is 7. The van der Waals surface area contributed by atoms with Gasteiger partial charge in [0.15, 0.2) is 5.65 Å². The van der Waals surface area contributed by atoms with Crippen LogP contribution in [0.5, 0.6) is 5.75 Å². The molecule has 170 valence electrons. The maximum absolute atomic E-state index is 6.11. The van der Waals surface area contributed by atoms with Crippen molar-refractivity contribution in [3.63, 3.8) is 0 Å². The summed E-state index contributed by atoms with van der Waals surface area (Å²) in [4.78, 5) is 7.52. The van der Waals surface area contributed by atoms with Gasteiger partial charge in [0, 0.05) is 30.8 Å². The van der Waals surface area contributed by atoms with Crippen LogP contribution in [0, 0.1) is 0 Å². The zero-order chi connectivity index (χ0) is 22.6. The number of ether oxygens (including phenoxy) is 1. The van der Waals surface area contributed by atoms with Crippen LogP contribution in [0.2, 0.25) is 0 Å². The van der Waals surface area contributed by atoms with Gasteiger partial charge < -0.3 is 15.8 Å². The van der Waals surface area contributed by atoms with Gasteiger partial charge in [0.2, 0.25) is 0 Å². The number of anilines is 3. The molecule has 7 heteroatoms. The molecule has 1 unspecified atom stereocenters. The van der Waals surface area contributed by atoms with Gasteiger partial charge in [0.1, 0.15) is 11.6 Å². The van der Waals surface area contributed by atoms with Gasteiger partial charge >= 0.3 is 0 Å². The molecule has 3 N–H and O–H groups in total. The van der Waals surface area contributed by atoms with E-state index in [1.807, 2.05) is 43.5 Å². The van der Waals surface area contributed by atoms with E-state index in [0.717, 1.165) is 60.9 Å². The van der Waals surface area contributed by atoms with Crippen molar-refractivity contribution in [3.05, 3.63) is 78.1 Å². The Balaban J connectivity index is 1.36. The lowest BCUT2D eigenvalue weighted by Crippen LogP contribution is -2.34. The Labute approximate surface area is 194 Å². The van der Waals surface area contributed by atoms with Crippen molar-refractivity contribution in [3.8, 4) is 5.75 Å². The van der Waals surface area contributed by atoms with Crippen LogP contribution in [0.3, 0.4) is 0 Å². The molecule has 7 nitrogen and oxygen atoms in total. The van der Waals surface area contributed by atoms with Crippen LogP contribution in [-0.2, 0) is 6.54 Å². The number of aromatic nitrogens is 3. The summed E-state index contributed by atoms with van der Waals surface area (Å²) in [5.74, 6) is 1.68. The quantitative estimate of drug-likeness (QED) is 0.427. The van der Waals surface area contributed by atoms with Crippen LogP contribution < -0.4 is 15.8 Å². The predicted molar refractivity (Wildman–Crippen MR) is 132 cm³/mol. The van der Waals surface area contributed by atoms with Crippen molar-refractivity contribution in [2.24, 2.45) is 0 Å². The predicted octanol–water partition coefficient (Wildman–Crippen LogP) is 4.83. The molecule has 0 bridgehead atoms. The third-order valence-electron chi connectivity index (χ3n) is 6.08. The molecule has 2 aromatic heterocycles. The average molecular weight is 443 g/mol. The molecule has 1 aliphatic rings. The lowest BCUT2D eigenvalue weighted by Gasteiger charge is -2.31. The molecule has 0 aliphatic carbocycles. The van der Waals surface area contributed by atoms with E-state index in [2.05, 4.69) is 45.6 Å². The monoisotopic (exact) mass is 442 g/mol. The molecule has 0 spiro atoms. The fraction of sp³-hybridized carbons (Fsp3) is 0.308. The summed E-state index contributed by atoms with van der Waals surface area (Å²) < 4.78 is 7.34. The lowest BCUT2D eigenvalue weighted by atomic mass is 9.95. The first-order chi connectivity index (χ1) is 16.2. The summed E-state index contributed by atoms with van der Waals surface area (Å²) in [5, 5.41) is 7.92. The third kappa shape index (κ3) is 4.93. The molecule has 0 saturated carbocycles. The summed E-state index contributed by atoms with van der Waals surface area (Å²) in [7, 11) is 0. The minimum Gasteiger partial charge on any atom is -0.494 e. The summed E-state index contributed by atoms with van der Waals surface area (Å²) in [5.41, 5.74) is 11.1. The molecule has 1 fully saturated rings. The number of nitrogen functional groups attached to an aromatic ring is 1. The Morgan fingerprint density at radius 1 is 1.12 bits per heavy atom. The molecule has 0 radical (unpaired) electrons. The third-order valence-corrected chi connectivity index (χ3v) is 6.08. The van der Waals surface area contributed by atoms with Crippen molar-refractivity contribution in [1.82, 2.24) is 19.5 Å². The van der Waals surface area contributed by atoms with E-state index >= 15 is 0 Å². The van der Waals surface area contributed by atoms with E-state index in [-0.39, 0.29) is 0 Å². The van der Waals surface area contributed by atoms with Crippen LogP contribution in [0.25, 0.3) is 5.65 Å². The first-order valence-corrected chi connectivity index (χ1v) is 11.6. The van der Waals surface area contributed by atoms with Crippen molar-refractivity contribution >= 4 is 22.8 Å². The molecule has 4 aromatic rings. The van der Waals surface area contributed by atoms with Crippen molar-refractivity contribution in [1.29, 1.82) is 0 Å². The van der Waals surface area contributed by atoms with Crippen molar-refractivity contribution in [2.45, 2.75) is 32.2 Å². The minimum atomic E-state index is 0.378. The second kappa shape index (κ2) is 9.50. The van der Waals surface area contributed by atoms with Crippen molar-refractivity contribution < 1.29 is 4.74 Å². The minimum absolute atomic E-state index is 0.378.